The van der Waals surface area contributed by atoms with Crippen molar-refractivity contribution in [1.82, 2.24) is 4.90 Å². The van der Waals surface area contributed by atoms with Gasteiger partial charge in [0.1, 0.15) is 0 Å². The molecule has 0 fully saturated rings. The zero-order chi connectivity index (χ0) is 7.70. The van der Waals surface area contributed by atoms with Crippen molar-refractivity contribution >= 4 is 0 Å². The molecule has 4 N–H and O–H groups in total. The Bertz CT molecular complexity index is 29.8. The van der Waals surface area contributed by atoms with Crippen molar-refractivity contribution in [3.63, 3.8) is 0 Å². The van der Waals surface area contributed by atoms with Crippen molar-refractivity contribution in [2.75, 3.05) is 19.6 Å². The van der Waals surface area contributed by atoms with E-state index >= 15 is 0 Å². The van der Waals surface area contributed by atoms with Crippen LogP contribution in [-0.2, 0) is 0 Å². The summed E-state index contributed by atoms with van der Waals surface area (Å²) >= 11 is 0. The highest BCUT2D eigenvalue weighted by atomic mass is 15.1. The molecule has 3 nitrogen and oxygen atoms in total. The molecule has 0 saturated heterocycles. The summed E-state index contributed by atoms with van der Waals surface area (Å²) in [6, 6.07) is 0. The van der Waals surface area contributed by atoms with E-state index in [0.717, 1.165) is 0 Å². The van der Waals surface area contributed by atoms with Crippen LogP contribution in [0.5, 0.6) is 0 Å². The number of hydrazine groups is 1. The third-order valence-electron chi connectivity index (χ3n) is 1.34. The molecule has 0 aromatic carbocycles. The fraction of sp³-hybridized carbons (Fsp3) is 1.00. The summed E-state index contributed by atoms with van der Waals surface area (Å²) in [6.07, 6.45) is 0. The second-order valence-corrected chi connectivity index (χ2v) is 1.62. The Kier molecular flexibility index (Phi) is 14.0. The molecule has 0 unspecified atom stereocenters. The zero-order valence-corrected chi connectivity index (χ0v) is 6.72. The van der Waals surface area contributed by atoms with Crippen LogP contribution >= 0.6 is 0 Å². The predicted molar refractivity (Wildman–Crippen MR) is 41.8 cm³/mol. The van der Waals surface area contributed by atoms with E-state index in [1.165, 1.54) is 19.6 Å². The Labute approximate surface area is 58.0 Å². The number of rotatable bonds is 3. The van der Waals surface area contributed by atoms with Gasteiger partial charge in [0.25, 0.3) is 0 Å². The van der Waals surface area contributed by atoms with Gasteiger partial charge in [0.2, 0.25) is 0 Å². The van der Waals surface area contributed by atoms with Crippen molar-refractivity contribution in [3.8, 4) is 0 Å². The lowest BCUT2D eigenvalue weighted by atomic mass is 10.5. The van der Waals surface area contributed by atoms with Crippen LogP contribution in [0.2, 0.25) is 0 Å². The molecule has 0 aliphatic carbocycles. The summed E-state index contributed by atoms with van der Waals surface area (Å²) < 4.78 is 0. The number of nitrogens with zero attached hydrogens (tertiary/aromatic N) is 1. The molecule has 58 valence electrons. The topological polar surface area (TPSA) is 55.3 Å². The van der Waals surface area contributed by atoms with Crippen molar-refractivity contribution in [2.24, 2.45) is 11.7 Å². The third-order valence-corrected chi connectivity index (χ3v) is 1.34. The van der Waals surface area contributed by atoms with Crippen LogP contribution in [0.1, 0.15) is 20.8 Å². The first kappa shape index (κ1) is 11.6. The summed E-state index contributed by atoms with van der Waals surface area (Å²) in [4.78, 5) is 2.38. The van der Waals surface area contributed by atoms with E-state index in [2.05, 4.69) is 37.4 Å². The maximum Gasteiger partial charge on any atom is -0.00474 e. The van der Waals surface area contributed by atoms with Gasteiger partial charge in [-0.25, -0.2) is 0 Å². The largest absolute Gasteiger partial charge is 0.304 e. The standard InChI is InChI=1S/C6H15N.H4N2/c1-4-7(5-2)6-3;1-2/h4-6H2,1-3H3;1-2H2. The lowest BCUT2D eigenvalue weighted by Crippen LogP contribution is -2.21. The Morgan fingerprint density at radius 2 is 1.11 bits per heavy atom. The molecular weight excluding hydrogens is 114 g/mol. The Morgan fingerprint density at radius 1 is 0.889 bits per heavy atom. The molecule has 0 atom stereocenters. The summed E-state index contributed by atoms with van der Waals surface area (Å²) in [5.41, 5.74) is 0. The number of hydrogen-bond donors (Lipinski definition) is 2. The molecule has 0 bridgehead atoms. The fourth-order valence-electron chi connectivity index (χ4n) is 0.671. The molecule has 3 heteroatoms. The van der Waals surface area contributed by atoms with Crippen LogP contribution in [-0.4, -0.2) is 24.5 Å². The minimum absolute atomic E-state index is 1.19. The normalized spacial score (nSPS) is 8.67. The second kappa shape index (κ2) is 10.8. The van der Waals surface area contributed by atoms with E-state index in [-0.39, 0.29) is 0 Å². The number of nitrogens with two attached hydrogens (primary N) is 2. The molecule has 0 aliphatic heterocycles. The maximum atomic E-state index is 4.00. The monoisotopic (exact) mass is 133 g/mol. The molecule has 0 saturated carbocycles. The molecule has 0 rings (SSSR count). The van der Waals surface area contributed by atoms with Gasteiger partial charge in [-0.3, -0.25) is 11.7 Å². The van der Waals surface area contributed by atoms with Crippen molar-refractivity contribution < 1.29 is 0 Å². The van der Waals surface area contributed by atoms with E-state index in [0.29, 0.717) is 0 Å². The molecule has 0 aromatic rings. The van der Waals surface area contributed by atoms with Gasteiger partial charge in [0.05, 0.1) is 0 Å². The van der Waals surface area contributed by atoms with Gasteiger partial charge >= 0.3 is 0 Å². The van der Waals surface area contributed by atoms with E-state index in [4.69, 9.17) is 0 Å². The van der Waals surface area contributed by atoms with E-state index < -0.39 is 0 Å². The van der Waals surface area contributed by atoms with Gasteiger partial charge in [0, 0.05) is 0 Å². The van der Waals surface area contributed by atoms with Crippen LogP contribution in [0.4, 0.5) is 0 Å². The SMILES string of the molecule is CCN(CC)CC.NN. The summed E-state index contributed by atoms with van der Waals surface area (Å²) in [6.45, 7) is 10.1. The van der Waals surface area contributed by atoms with Crippen LogP contribution in [0, 0.1) is 0 Å². The van der Waals surface area contributed by atoms with Crippen molar-refractivity contribution in [1.29, 1.82) is 0 Å². The fourth-order valence-corrected chi connectivity index (χ4v) is 0.671. The third kappa shape index (κ3) is 7.88. The second-order valence-electron chi connectivity index (χ2n) is 1.62. The van der Waals surface area contributed by atoms with Gasteiger partial charge in [-0.2, -0.15) is 0 Å². The Balaban J connectivity index is 0. The molecule has 0 aliphatic rings. The summed E-state index contributed by atoms with van der Waals surface area (Å²) in [5, 5.41) is 0. The molecule has 0 aromatic heterocycles. The minimum Gasteiger partial charge on any atom is -0.304 e. The van der Waals surface area contributed by atoms with E-state index in [9.17, 15) is 0 Å². The Morgan fingerprint density at radius 3 is 1.11 bits per heavy atom. The van der Waals surface area contributed by atoms with Crippen LogP contribution in [0.25, 0.3) is 0 Å². The lowest BCUT2D eigenvalue weighted by molar-refractivity contribution is 0.321. The smallest absolute Gasteiger partial charge is 0.00474 e. The molecule has 0 amide bonds. The van der Waals surface area contributed by atoms with Crippen molar-refractivity contribution in [3.05, 3.63) is 0 Å². The minimum atomic E-state index is 1.19. The van der Waals surface area contributed by atoms with Gasteiger partial charge in [-0.1, -0.05) is 20.8 Å². The highest BCUT2D eigenvalue weighted by molar-refractivity contribution is 4.43. The first-order valence-corrected chi connectivity index (χ1v) is 3.40. The molecule has 0 radical (unpaired) electrons. The van der Waals surface area contributed by atoms with Gasteiger partial charge in [-0.05, 0) is 19.6 Å². The first-order chi connectivity index (χ1) is 4.35. The van der Waals surface area contributed by atoms with Gasteiger partial charge < -0.3 is 4.90 Å². The van der Waals surface area contributed by atoms with Crippen LogP contribution in [0.3, 0.4) is 0 Å². The van der Waals surface area contributed by atoms with Crippen LogP contribution in [0.15, 0.2) is 0 Å². The summed E-state index contributed by atoms with van der Waals surface area (Å²) in [7, 11) is 0. The number of hydrogen-bond acceptors (Lipinski definition) is 3. The van der Waals surface area contributed by atoms with Crippen LogP contribution < -0.4 is 11.7 Å². The lowest BCUT2D eigenvalue weighted by Gasteiger charge is -2.13. The molecule has 0 heterocycles. The first-order valence-electron chi connectivity index (χ1n) is 3.40. The average Bonchev–Trinajstić information content (AvgIpc) is 1.96. The average molecular weight is 133 g/mol. The van der Waals surface area contributed by atoms with E-state index in [1.54, 1.807) is 0 Å². The van der Waals surface area contributed by atoms with E-state index in [1.807, 2.05) is 0 Å². The highest BCUT2D eigenvalue weighted by Gasteiger charge is 1.89. The predicted octanol–water partition coefficient (Wildman–Crippen LogP) is 0.167. The highest BCUT2D eigenvalue weighted by Crippen LogP contribution is 1.81. The quantitative estimate of drug-likeness (QED) is 0.426. The molecule has 9 heavy (non-hydrogen) atoms. The molecule has 0 spiro atoms. The maximum absolute atomic E-state index is 4.00. The summed E-state index contributed by atoms with van der Waals surface area (Å²) in [5.74, 6) is 8.00. The molecular formula is C6H19N3. The van der Waals surface area contributed by atoms with Gasteiger partial charge in [-0.15, -0.1) is 0 Å². The van der Waals surface area contributed by atoms with Crippen molar-refractivity contribution in [2.45, 2.75) is 20.8 Å². The van der Waals surface area contributed by atoms with Gasteiger partial charge in [0.15, 0.2) is 0 Å². The Hall–Kier alpha value is -0.120. The zero-order valence-electron chi connectivity index (χ0n) is 6.72.